The van der Waals surface area contributed by atoms with Crippen molar-refractivity contribution in [3.8, 4) is 0 Å². The first kappa shape index (κ1) is 20.4. The second-order valence-electron chi connectivity index (χ2n) is 5.59. The van der Waals surface area contributed by atoms with Crippen molar-refractivity contribution in [1.29, 1.82) is 0 Å². The van der Waals surface area contributed by atoms with Crippen molar-refractivity contribution in [3.63, 3.8) is 0 Å². The maximum atomic E-state index is 11.3. The molecule has 4 N–H and O–H groups in total. The number of rotatable bonds is 13. The van der Waals surface area contributed by atoms with Crippen LogP contribution >= 0.6 is 0 Å². The van der Waals surface area contributed by atoms with E-state index in [0.29, 0.717) is 6.54 Å². The second kappa shape index (κ2) is 14.4. The zero-order valence-electron chi connectivity index (χ0n) is 13.8. The van der Waals surface area contributed by atoms with Gasteiger partial charge in [0.05, 0.1) is 6.54 Å². The van der Waals surface area contributed by atoms with E-state index in [2.05, 4.69) is 17.6 Å². The van der Waals surface area contributed by atoms with E-state index in [1.807, 2.05) is 0 Å². The van der Waals surface area contributed by atoms with Crippen LogP contribution in [-0.4, -0.2) is 30.8 Å². The van der Waals surface area contributed by atoms with Crippen LogP contribution in [0.25, 0.3) is 0 Å². The van der Waals surface area contributed by atoms with Crippen molar-refractivity contribution in [3.05, 3.63) is 0 Å². The topological polar surface area (TPSA) is 101 Å². The number of carbonyl (C=O) groups excluding carboxylic acids is 3. The lowest BCUT2D eigenvalue weighted by Crippen LogP contribution is -2.43. The van der Waals surface area contributed by atoms with Crippen LogP contribution in [0.5, 0.6) is 0 Å². The van der Waals surface area contributed by atoms with Crippen LogP contribution in [0.15, 0.2) is 0 Å². The molecular formula is C16H31N3O3. The van der Waals surface area contributed by atoms with E-state index in [9.17, 15) is 14.4 Å². The number of carbonyl (C=O) groups is 3. The molecule has 0 saturated carbocycles. The molecule has 0 atom stereocenters. The number of amides is 3. The van der Waals surface area contributed by atoms with Gasteiger partial charge in [-0.15, -0.1) is 0 Å². The Morgan fingerprint density at radius 2 is 1.18 bits per heavy atom. The van der Waals surface area contributed by atoms with Crippen LogP contribution in [0, 0.1) is 0 Å². The number of unbranched alkanes of at least 4 members (excludes halogenated alkanes) is 9. The van der Waals surface area contributed by atoms with Gasteiger partial charge in [-0.25, -0.2) is 0 Å². The lowest BCUT2D eigenvalue weighted by Gasteiger charge is -2.05. The first-order valence-electron chi connectivity index (χ1n) is 8.42. The summed E-state index contributed by atoms with van der Waals surface area (Å²) >= 11 is 0. The molecule has 3 amide bonds. The molecule has 0 heterocycles. The molecule has 0 aromatic rings. The molecule has 0 aliphatic carbocycles. The Bertz CT molecular complexity index is 333. The molecule has 0 saturated heterocycles. The van der Waals surface area contributed by atoms with Crippen molar-refractivity contribution >= 4 is 17.7 Å². The maximum absolute atomic E-state index is 11.3. The molecule has 0 aliphatic heterocycles. The summed E-state index contributed by atoms with van der Waals surface area (Å²) in [4.78, 5) is 33.0. The van der Waals surface area contributed by atoms with Crippen molar-refractivity contribution in [1.82, 2.24) is 10.6 Å². The molecule has 0 bridgehead atoms. The van der Waals surface area contributed by atoms with Gasteiger partial charge in [-0.05, 0) is 6.42 Å². The summed E-state index contributed by atoms with van der Waals surface area (Å²) in [6, 6.07) is 0. The fourth-order valence-electron chi connectivity index (χ4n) is 2.14. The van der Waals surface area contributed by atoms with E-state index < -0.39 is 17.7 Å². The summed E-state index contributed by atoms with van der Waals surface area (Å²) < 4.78 is 0. The molecule has 0 aromatic heterocycles. The van der Waals surface area contributed by atoms with Gasteiger partial charge in [0.15, 0.2) is 0 Å². The quantitative estimate of drug-likeness (QED) is 0.356. The molecule has 6 nitrogen and oxygen atoms in total. The van der Waals surface area contributed by atoms with Gasteiger partial charge in [0.1, 0.15) is 0 Å². The summed E-state index contributed by atoms with van der Waals surface area (Å²) in [5.74, 6) is -2.20. The third kappa shape index (κ3) is 13.4. The SMILES string of the molecule is CCCCCCCCCCCCNC(=O)C(=O)NCC(N)=O. The Kier molecular flexibility index (Phi) is 13.3. The number of nitrogens with one attached hydrogen (secondary N) is 2. The molecule has 0 rings (SSSR count). The molecule has 0 radical (unpaired) electrons. The smallest absolute Gasteiger partial charge is 0.309 e. The molecule has 0 aliphatic rings. The molecular weight excluding hydrogens is 282 g/mol. The Morgan fingerprint density at radius 3 is 1.68 bits per heavy atom. The van der Waals surface area contributed by atoms with E-state index in [0.717, 1.165) is 19.3 Å². The number of hydrogen-bond acceptors (Lipinski definition) is 3. The zero-order chi connectivity index (χ0) is 16.6. The number of hydrogen-bond donors (Lipinski definition) is 3. The van der Waals surface area contributed by atoms with Gasteiger partial charge in [-0.1, -0.05) is 64.7 Å². The van der Waals surface area contributed by atoms with E-state index in [4.69, 9.17) is 5.73 Å². The van der Waals surface area contributed by atoms with Crippen LogP contribution < -0.4 is 16.4 Å². The third-order valence-electron chi connectivity index (χ3n) is 3.45. The first-order chi connectivity index (χ1) is 10.6. The minimum atomic E-state index is -0.814. The van der Waals surface area contributed by atoms with E-state index in [-0.39, 0.29) is 6.54 Å². The van der Waals surface area contributed by atoms with Crippen molar-refractivity contribution in [2.24, 2.45) is 5.73 Å². The molecule has 0 unspecified atom stereocenters. The van der Waals surface area contributed by atoms with Gasteiger partial charge in [0.25, 0.3) is 0 Å². The van der Waals surface area contributed by atoms with E-state index >= 15 is 0 Å². The zero-order valence-corrected chi connectivity index (χ0v) is 13.8. The fourth-order valence-corrected chi connectivity index (χ4v) is 2.14. The standard InChI is InChI=1S/C16H31N3O3/c1-2-3-4-5-6-7-8-9-10-11-12-18-15(21)16(22)19-13-14(17)20/h2-13H2,1H3,(H2,17,20)(H,18,21)(H,19,22). The monoisotopic (exact) mass is 313 g/mol. The van der Waals surface area contributed by atoms with Gasteiger partial charge in [-0.2, -0.15) is 0 Å². The lowest BCUT2D eigenvalue weighted by atomic mass is 10.1. The molecule has 22 heavy (non-hydrogen) atoms. The third-order valence-corrected chi connectivity index (χ3v) is 3.45. The average Bonchev–Trinajstić information content (AvgIpc) is 2.49. The van der Waals surface area contributed by atoms with Gasteiger partial charge in [0, 0.05) is 6.54 Å². The van der Waals surface area contributed by atoms with Crippen molar-refractivity contribution in [2.75, 3.05) is 13.1 Å². The predicted molar refractivity (Wildman–Crippen MR) is 87.1 cm³/mol. The van der Waals surface area contributed by atoms with Gasteiger partial charge in [-0.3, -0.25) is 14.4 Å². The molecule has 0 fully saturated rings. The van der Waals surface area contributed by atoms with Crippen molar-refractivity contribution < 1.29 is 14.4 Å². The highest BCUT2D eigenvalue weighted by Gasteiger charge is 2.12. The number of nitrogens with two attached hydrogens (primary N) is 1. The predicted octanol–water partition coefficient (Wildman–Crippen LogP) is 1.63. The van der Waals surface area contributed by atoms with Crippen LogP contribution in [0.3, 0.4) is 0 Å². The Balaban J connectivity index is 3.33. The lowest BCUT2D eigenvalue weighted by molar-refractivity contribution is -0.139. The normalized spacial score (nSPS) is 10.2. The Labute approximate surface area is 133 Å². The molecule has 0 spiro atoms. The second-order valence-corrected chi connectivity index (χ2v) is 5.59. The van der Waals surface area contributed by atoms with Crippen LogP contribution in [0.1, 0.15) is 71.1 Å². The van der Waals surface area contributed by atoms with Crippen molar-refractivity contribution in [2.45, 2.75) is 71.1 Å². The fraction of sp³-hybridized carbons (Fsp3) is 0.812. The highest BCUT2D eigenvalue weighted by Crippen LogP contribution is 2.10. The summed E-state index contributed by atoms with van der Waals surface area (Å²) in [5.41, 5.74) is 4.87. The van der Waals surface area contributed by atoms with Crippen LogP contribution in [0.4, 0.5) is 0 Å². The summed E-state index contributed by atoms with van der Waals surface area (Å²) in [6.07, 6.45) is 12.2. The van der Waals surface area contributed by atoms with E-state index in [1.165, 1.54) is 44.9 Å². The Morgan fingerprint density at radius 1 is 0.727 bits per heavy atom. The minimum absolute atomic E-state index is 0.315. The van der Waals surface area contributed by atoms with Gasteiger partial charge < -0.3 is 16.4 Å². The van der Waals surface area contributed by atoms with Crippen LogP contribution in [0.2, 0.25) is 0 Å². The summed E-state index contributed by atoms with van der Waals surface area (Å²) in [5, 5.41) is 4.67. The molecule has 0 aromatic carbocycles. The first-order valence-corrected chi connectivity index (χ1v) is 8.42. The highest BCUT2D eigenvalue weighted by atomic mass is 16.2. The number of primary amides is 1. The summed E-state index contributed by atoms with van der Waals surface area (Å²) in [6.45, 7) is 2.39. The van der Waals surface area contributed by atoms with Crippen LogP contribution in [-0.2, 0) is 14.4 Å². The largest absolute Gasteiger partial charge is 0.368 e. The highest BCUT2D eigenvalue weighted by molar-refractivity contribution is 6.35. The molecule has 6 heteroatoms. The molecule has 128 valence electrons. The van der Waals surface area contributed by atoms with Gasteiger partial charge in [0.2, 0.25) is 5.91 Å². The van der Waals surface area contributed by atoms with E-state index in [1.54, 1.807) is 0 Å². The van der Waals surface area contributed by atoms with Gasteiger partial charge >= 0.3 is 11.8 Å². The Hall–Kier alpha value is -1.59. The minimum Gasteiger partial charge on any atom is -0.368 e. The average molecular weight is 313 g/mol. The summed E-state index contributed by atoms with van der Waals surface area (Å²) in [7, 11) is 0. The maximum Gasteiger partial charge on any atom is 0.309 e.